The first-order valence-electron chi connectivity index (χ1n) is 9.68. The SMILES string of the molecule is COCCCOc1ccc2c(=O)[nH]c3c(S(=O)(=O)c4ccc(C)cc4C)nnn3c2c1. The molecular weight excluding hydrogens is 420 g/mol. The molecule has 31 heavy (non-hydrogen) atoms. The molecule has 162 valence electrons. The van der Waals surface area contributed by atoms with Crippen LogP contribution in [0.2, 0.25) is 0 Å². The van der Waals surface area contributed by atoms with Crippen LogP contribution >= 0.6 is 0 Å². The molecule has 0 aliphatic rings. The topological polar surface area (TPSA) is 116 Å². The van der Waals surface area contributed by atoms with Crippen LogP contribution in [0, 0.1) is 13.8 Å². The highest BCUT2D eigenvalue weighted by atomic mass is 32.2. The van der Waals surface area contributed by atoms with Crippen LogP contribution in [-0.2, 0) is 14.6 Å². The highest BCUT2D eigenvalue weighted by Crippen LogP contribution is 2.27. The minimum Gasteiger partial charge on any atom is -0.493 e. The first-order chi connectivity index (χ1) is 14.8. The van der Waals surface area contributed by atoms with E-state index in [1.807, 2.05) is 6.92 Å². The molecular formula is C21H22N4O5S. The lowest BCUT2D eigenvalue weighted by molar-refractivity contribution is 0.172. The van der Waals surface area contributed by atoms with E-state index in [0.717, 1.165) is 5.56 Å². The van der Waals surface area contributed by atoms with E-state index in [2.05, 4.69) is 15.3 Å². The first kappa shape index (κ1) is 21.0. The number of hydrogen-bond donors (Lipinski definition) is 1. The minimum atomic E-state index is -4.00. The Hall–Kier alpha value is -3.24. The molecule has 0 unspecified atom stereocenters. The van der Waals surface area contributed by atoms with Crippen LogP contribution in [0.1, 0.15) is 17.5 Å². The lowest BCUT2D eigenvalue weighted by Crippen LogP contribution is -2.13. The van der Waals surface area contributed by atoms with Crippen LogP contribution in [-0.4, -0.2) is 48.6 Å². The molecule has 9 nitrogen and oxygen atoms in total. The van der Waals surface area contributed by atoms with Gasteiger partial charge in [0.25, 0.3) is 5.56 Å². The summed E-state index contributed by atoms with van der Waals surface area (Å²) < 4.78 is 38.6. The fraction of sp³-hybridized carbons (Fsp3) is 0.286. The molecule has 10 heteroatoms. The summed E-state index contributed by atoms with van der Waals surface area (Å²) in [6.07, 6.45) is 0.709. The largest absolute Gasteiger partial charge is 0.493 e. The normalized spacial score (nSPS) is 12.0. The average Bonchev–Trinajstić information content (AvgIpc) is 3.16. The molecule has 2 aromatic carbocycles. The zero-order valence-electron chi connectivity index (χ0n) is 17.4. The molecule has 0 saturated heterocycles. The number of aryl methyl sites for hydroxylation is 2. The van der Waals surface area contributed by atoms with Crippen LogP contribution in [0.25, 0.3) is 16.6 Å². The number of methoxy groups -OCH3 is 1. The van der Waals surface area contributed by atoms with Gasteiger partial charge in [0.05, 0.1) is 22.4 Å². The fourth-order valence-corrected chi connectivity index (χ4v) is 4.94. The Bertz CT molecular complexity index is 1440. The summed E-state index contributed by atoms with van der Waals surface area (Å²) in [5.74, 6) is 0.532. The van der Waals surface area contributed by atoms with Gasteiger partial charge in [-0.3, -0.25) is 4.79 Å². The van der Waals surface area contributed by atoms with E-state index in [9.17, 15) is 13.2 Å². The number of H-pyrrole nitrogens is 1. The summed E-state index contributed by atoms with van der Waals surface area (Å²) >= 11 is 0. The number of benzene rings is 2. The molecule has 0 fully saturated rings. The van der Waals surface area contributed by atoms with Gasteiger partial charge in [-0.25, -0.2) is 8.42 Å². The van der Waals surface area contributed by atoms with Gasteiger partial charge in [-0.05, 0) is 37.6 Å². The molecule has 2 aromatic heterocycles. The smallest absolute Gasteiger partial charge is 0.259 e. The van der Waals surface area contributed by atoms with E-state index >= 15 is 0 Å². The van der Waals surface area contributed by atoms with Crippen molar-refractivity contribution in [2.45, 2.75) is 30.2 Å². The van der Waals surface area contributed by atoms with Crippen molar-refractivity contribution in [1.82, 2.24) is 19.8 Å². The van der Waals surface area contributed by atoms with Crippen molar-refractivity contribution in [3.8, 4) is 5.75 Å². The predicted octanol–water partition coefficient (Wildman–Crippen LogP) is 2.44. The maximum Gasteiger partial charge on any atom is 0.259 e. The number of aromatic amines is 1. The van der Waals surface area contributed by atoms with Gasteiger partial charge < -0.3 is 14.5 Å². The van der Waals surface area contributed by atoms with Gasteiger partial charge in [-0.15, -0.1) is 5.10 Å². The van der Waals surface area contributed by atoms with Gasteiger partial charge in [-0.1, -0.05) is 22.9 Å². The third-order valence-corrected chi connectivity index (χ3v) is 6.77. The number of rotatable bonds is 7. The van der Waals surface area contributed by atoms with Gasteiger partial charge in [-0.2, -0.15) is 4.52 Å². The van der Waals surface area contributed by atoms with Crippen LogP contribution < -0.4 is 10.3 Å². The summed E-state index contributed by atoms with van der Waals surface area (Å²) in [5.41, 5.74) is 1.51. The quantitative estimate of drug-likeness (QED) is 0.437. The predicted molar refractivity (Wildman–Crippen MR) is 114 cm³/mol. The zero-order chi connectivity index (χ0) is 22.2. The summed E-state index contributed by atoms with van der Waals surface area (Å²) in [6.45, 7) is 4.61. The Morgan fingerprint density at radius 3 is 2.65 bits per heavy atom. The Morgan fingerprint density at radius 2 is 1.90 bits per heavy atom. The average molecular weight is 442 g/mol. The third kappa shape index (κ3) is 3.79. The molecule has 2 heterocycles. The van der Waals surface area contributed by atoms with Crippen molar-refractivity contribution in [3.63, 3.8) is 0 Å². The molecule has 0 saturated carbocycles. The van der Waals surface area contributed by atoms with Crippen LogP contribution in [0.4, 0.5) is 0 Å². The molecule has 0 aliphatic carbocycles. The van der Waals surface area contributed by atoms with Gasteiger partial charge in [0.2, 0.25) is 14.9 Å². The van der Waals surface area contributed by atoms with Crippen LogP contribution in [0.15, 0.2) is 51.1 Å². The van der Waals surface area contributed by atoms with Crippen LogP contribution in [0.5, 0.6) is 5.75 Å². The second-order valence-corrected chi connectivity index (χ2v) is 9.09. The van der Waals surface area contributed by atoms with Crippen LogP contribution in [0.3, 0.4) is 0 Å². The Kier molecular flexibility index (Phi) is 5.50. The van der Waals surface area contributed by atoms with Gasteiger partial charge in [0.15, 0.2) is 5.65 Å². The van der Waals surface area contributed by atoms with Crippen molar-refractivity contribution in [2.75, 3.05) is 20.3 Å². The van der Waals surface area contributed by atoms with Crippen molar-refractivity contribution < 1.29 is 17.9 Å². The molecule has 4 aromatic rings. The maximum atomic E-state index is 13.3. The van der Waals surface area contributed by atoms with E-state index in [1.165, 1.54) is 10.6 Å². The molecule has 0 spiro atoms. The number of fused-ring (bicyclic) bond motifs is 3. The van der Waals surface area contributed by atoms with Crippen molar-refractivity contribution in [2.24, 2.45) is 0 Å². The highest BCUT2D eigenvalue weighted by Gasteiger charge is 2.27. The van der Waals surface area contributed by atoms with Gasteiger partial charge in [0.1, 0.15) is 5.75 Å². The second kappa shape index (κ2) is 8.12. The van der Waals surface area contributed by atoms with Gasteiger partial charge in [0, 0.05) is 26.2 Å². The van der Waals surface area contributed by atoms with E-state index in [0.29, 0.717) is 41.9 Å². The summed E-state index contributed by atoms with van der Waals surface area (Å²) in [5, 5.41) is 7.97. The number of aromatic nitrogens is 4. The van der Waals surface area contributed by atoms with E-state index in [-0.39, 0.29) is 15.6 Å². The highest BCUT2D eigenvalue weighted by molar-refractivity contribution is 7.91. The fourth-order valence-electron chi connectivity index (χ4n) is 3.47. The standard InChI is InChI=1S/C21H22N4O5S/c1-13-5-8-18(14(2)11-13)31(27,28)21-19-22-20(26)16-7-6-15(30-10-4-9-29-3)12-17(16)25(19)24-23-21/h5-8,11-12H,4,9-10H2,1-3H3,(H,22,26). The lowest BCUT2D eigenvalue weighted by Gasteiger charge is -2.08. The van der Waals surface area contributed by atoms with E-state index < -0.39 is 15.4 Å². The molecule has 4 rings (SSSR count). The van der Waals surface area contributed by atoms with E-state index in [4.69, 9.17) is 9.47 Å². The first-order valence-corrected chi connectivity index (χ1v) is 11.2. The summed E-state index contributed by atoms with van der Waals surface area (Å²) in [7, 11) is -2.38. The van der Waals surface area contributed by atoms with Crippen molar-refractivity contribution in [3.05, 3.63) is 57.9 Å². The monoisotopic (exact) mass is 442 g/mol. The van der Waals surface area contributed by atoms with Crippen molar-refractivity contribution >= 4 is 26.4 Å². The van der Waals surface area contributed by atoms with Gasteiger partial charge >= 0.3 is 0 Å². The number of sulfone groups is 1. The Balaban J connectivity index is 1.84. The number of nitrogens with zero attached hydrogens (tertiary/aromatic N) is 3. The molecule has 0 amide bonds. The number of ether oxygens (including phenoxy) is 2. The van der Waals surface area contributed by atoms with Crippen molar-refractivity contribution in [1.29, 1.82) is 0 Å². The molecule has 0 atom stereocenters. The maximum absolute atomic E-state index is 13.3. The Morgan fingerprint density at radius 1 is 1.10 bits per heavy atom. The third-order valence-electron chi connectivity index (χ3n) is 4.95. The molecule has 0 bridgehead atoms. The number of nitrogens with one attached hydrogen (secondary N) is 1. The zero-order valence-corrected chi connectivity index (χ0v) is 18.2. The molecule has 0 aliphatic heterocycles. The number of hydrogen-bond acceptors (Lipinski definition) is 7. The van der Waals surface area contributed by atoms with E-state index in [1.54, 1.807) is 44.4 Å². The second-order valence-electron chi connectivity index (χ2n) is 7.26. The molecule has 1 N–H and O–H groups in total. The lowest BCUT2D eigenvalue weighted by atomic mass is 10.2. The minimum absolute atomic E-state index is 0.00834. The molecule has 0 radical (unpaired) electrons. The summed E-state index contributed by atoms with van der Waals surface area (Å²) in [6, 6.07) is 9.98. The Labute approximate surface area is 178 Å². The summed E-state index contributed by atoms with van der Waals surface area (Å²) in [4.78, 5) is 15.4.